The van der Waals surface area contributed by atoms with Crippen molar-refractivity contribution in [3.63, 3.8) is 0 Å². The number of hydrogen-bond donors (Lipinski definition) is 2. The third-order valence-electron chi connectivity index (χ3n) is 3.19. The predicted molar refractivity (Wildman–Crippen MR) is 107 cm³/mol. The number of hydrogen-bond acceptors (Lipinski definition) is 5. The summed E-state index contributed by atoms with van der Waals surface area (Å²) in [6.45, 7) is -0.0775. The van der Waals surface area contributed by atoms with Crippen molar-refractivity contribution in [1.29, 1.82) is 0 Å². The second kappa shape index (κ2) is 8.24. The molecule has 1 amide bonds. The summed E-state index contributed by atoms with van der Waals surface area (Å²) in [6.07, 6.45) is 1.06. The van der Waals surface area contributed by atoms with Gasteiger partial charge in [-0.2, -0.15) is 0 Å². The van der Waals surface area contributed by atoms with Crippen LogP contribution in [0.5, 0.6) is 5.75 Å². The maximum Gasteiger partial charge on any atom is 0.243 e. The van der Waals surface area contributed by atoms with E-state index in [1.54, 1.807) is 12.1 Å². The second-order valence-electron chi connectivity index (χ2n) is 5.17. The van der Waals surface area contributed by atoms with Crippen LogP contribution in [0.1, 0.15) is 0 Å². The monoisotopic (exact) mass is 494 g/mol. The maximum absolute atomic E-state index is 12.1. The summed E-state index contributed by atoms with van der Waals surface area (Å²) >= 11 is 8.16. The van der Waals surface area contributed by atoms with E-state index in [1.165, 1.54) is 19.2 Å². The lowest BCUT2D eigenvalue weighted by Gasteiger charge is -2.15. The largest absolute Gasteiger partial charge is 0.493 e. The Kier molecular flexibility index (Phi) is 6.53. The zero-order valence-electron chi connectivity index (χ0n) is 13.5. The minimum absolute atomic E-state index is 0.0388. The van der Waals surface area contributed by atoms with Crippen LogP contribution in [0.15, 0.2) is 41.3 Å². The Morgan fingerprint density at radius 2 is 1.88 bits per heavy atom. The highest BCUT2D eigenvalue weighted by atomic mass is 127. The van der Waals surface area contributed by atoms with Gasteiger partial charge in [0.1, 0.15) is 4.90 Å². The first kappa shape index (κ1) is 19.8. The quantitative estimate of drug-likeness (QED) is 0.601. The minimum Gasteiger partial charge on any atom is -0.493 e. The summed E-state index contributed by atoms with van der Waals surface area (Å²) in [5, 5.41) is 5.82. The molecule has 134 valence electrons. The molecule has 9 heteroatoms. The molecule has 0 saturated carbocycles. The standard InChI is InChI=1S/C16H16ClIN2O4S/c1-24-16-13(7-10(17)8-14(16)25(2,22)23)19-9-15(21)20-12-5-3-11(18)4-6-12/h3-8,19H,9H2,1-2H3,(H,20,21). The van der Waals surface area contributed by atoms with Crippen molar-refractivity contribution in [3.8, 4) is 5.75 Å². The molecule has 6 nitrogen and oxygen atoms in total. The predicted octanol–water partition coefficient (Wildman–Crippen LogP) is 3.41. The summed E-state index contributed by atoms with van der Waals surface area (Å²) in [5.41, 5.74) is 0.996. The van der Waals surface area contributed by atoms with Crippen LogP contribution in [0.3, 0.4) is 0 Å². The van der Waals surface area contributed by atoms with Crippen LogP contribution in [0, 0.1) is 3.57 Å². The van der Waals surface area contributed by atoms with E-state index in [9.17, 15) is 13.2 Å². The van der Waals surface area contributed by atoms with Crippen LogP contribution in [-0.4, -0.2) is 34.2 Å². The molecule has 0 atom stereocenters. The molecule has 25 heavy (non-hydrogen) atoms. The Labute approximate surface area is 165 Å². The Morgan fingerprint density at radius 3 is 2.44 bits per heavy atom. The van der Waals surface area contributed by atoms with E-state index in [2.05, 4.69) is 33.2 Å². The number of carbonyl (C=O) groups is 1. The molecule has 0 aromatic heterocycles. The van der Waals surface area contributed by atoms with Gasteiger partial charge in [-0.1, -0.05) is 11.6 Å². The molecule has 0 heterocycles. The summed E-state index contributed by atoms with van der Waals surface area (Å²) < 4.78 is 30.0. The van der Waals surface area contributed by atoms with Crippen LogP contribution in [0.25, 0.3) is 0 Å². The highest BCUT2D eigenvalue weighted by molar-refractivity contribution is 14.1. The number of anilines is 2. The highest BCUT2D eigenvalue weighted by Crippen LogP contribution is 2.35. The van der Waals surface area contributed by atoms with Crippen molar-refractivity contribution in [2.75, 3.05) is 30.5 Å². The van der Waals surface area contributed by atoms with Crippen LogP contribution >= 0.6 is 34.2 Å². The molecule has 2 aromatic rings. The molecule has 2 aromatic carbocycles. The number of carbonyl (C=O) groups excluding carboxylic acids is 1. The molecule has 0 aliphatic rings. The normalized spacial score (nSPS) is 11.0. The van der Waals surface area contributed by atoms with E-state index in [1.807, 2.05) is 12.1 Å². The van der Waals surface area contributed by atoms with Gasteiger partial charge in [-0.25, -0.2) is 8.42 Å². The van der Waals surface area contributed by atoms with E-state index in [0.717, 1.165) is 9.83 Å². The molecule has 0 radical (unpaired) electrons. The molecular weight excluding hydrogens is 479 g/mol. The fourth-order valence-electron chi connectivity index (χ4n) is 2.10. The first-order chi connectivity index (χ1) is 11.7. The lowest BCUT2D eigenvalue weighted by atomic mass is 10.3. The lowest BCUT2D eigenvalue weighted by molar-refractivity contribution is -0.114. The number of rotatable bonds is 6. The average molecular weight is 495 g/mol. The Balaban J connectivity index is 2.16. The van der Waals surface area contributed by atoms with Crippen molar-refractivity contribution in [2.45, 2.75) is 4.90 Å². The second-order valence-corrected chi connectivity index (χ2v) is 8.83. The number of nitrogens with one attached hydrogen (secondary N) is 2. The van der Waals surface area contributed by atoms with Gasteiger partial charge in [0.15, 0.2) is 15.6 Å². The van der Waals surface area contributed by atoms with Gasteiger partial charge in [0.25, 0.3) is 0 Å². The van der Waals surface area contributed by atoms with Gasteiger partial charge in [0, 0.05) is 20.5 Å². The van der Waals surface area contributed by atoms with Gasteiger partial charge in [-0.3, -0.25) is 4.79 Å². The van der Waals surface area contributed by atoms with Gasteiger partial charge in [0.05, 0.1) is 19.3 Å². The molecule has 0 aliphatic heterocycles. The molecule has 0 spiro atoms. The lowest BCUT2D eigenvalue weighted by Crippen LogP contribution is -2.22. The Bertz CT molecular complexity index is 886. The number of halogens is 2. The minimum atomic E-state index is -3.53. The van der Waals surface area contributed by atoms with Gasteiger partial charge in [0.2, 0.25) is 5.91 Å². The number of amides is 1. The molecule has 0 saturated heterocycles. The summed E-state index contributed by atoms with van der Waals surface area (Å²) in [5.74, 6) is -0.168. The first-order valence-corrected chi connectivity index (χ1v) is 10.4. The number of methoxy groups -OCH3 is 1. The molecule has 0 aliphatic carbocycles. The smallest absolute Gasteiger partial charge is 0.243 e. The molecule has 2 N–H and O–H groups in total. The molecule has 2 rings (SSSR count). The number of ether oxygens (including phenoxy) is 1. The summed E-state index contributed by atoms with van der Waals surface area (Å²) in [4.78, 5) is 12.0. The fraction of sp³-hybridized carbons (Fsp3) is 0.188. The first-order valence-electron chi connectivity index (χ1n) is 7.07. The highest BCUT2D eigenvalue weighted by Gasteiger charge is 2.19. The van der Waals surface area contributed by atoms with Crippen molar-refractivity contribution in [2.24, 2.45) is 0 Å². The van der Waals surface area contributed by atoms with Crippen LogP contribution in [-0.2, 0) is 14.6 Å². The zero-order valence-corrected chi connectivity index (χ0v) is 17.2. The van der Waals surface area contributed by atoms with Crippen molar-refractivity contribution >= 4 is 61.3 Å². The maximum atomic E-state index is 12.1. The van der Waals surface area contributed by atoms with Gasteiger partial charge in [-0.05, 0) is 59.0 Å². The Morgan fingerprint density at radius 1 is 1.24 bits per heavy atom. The van der Waals surface area contributed by atoms with E-state index in [-0.39, 0.29) is 28.1 Å². The third-order valence-corrected chi connectivity index (χ3v) is 5.23. The number of sulfone groups is 1. The van der Waals surface area contributed by atoms with Crippen LogP contribution in [0.4, 0.5) is 11.4 Å². The van der Waals surface area contributed by atoms with Crippen molar-refractivity contribution < 1.29 is 17.9 Å². The van der Waals surface area contributed by atoms with Gasteiger partial charge >= 0.3 is 0 Å². The molecule has 0 bridgehead atoms. The van der Waals surface area contributed by atoms with E-state index in [0.29, 0.717) is 11.4 Å². The van der Waals surface area contributed by atoms with E-state index in [4.69, 9.17) is 16.3 Å². The zero-order chi connectivity index (χ0) is 18.6. The SMILES string of the molecule is COc1c(NCC(=O)Nc2ccc(I)cc2)cc(Cl)cc1S(C)(=O)=O. The molecule has 0 fully saturated rings. The van der Waals surface area contributed by atoms with E-state index >= 15 is 0 Å². The van der Waals surface area contributed by atoms with Gasteiger partial charge < -0.3 is 15.4 Å². The third kappa shape index (κ3) is 5.48. The van der Waals surface area contributed by atoms with Crippen molar-refractivity contribution in [1.82, 2.24) is 0 Å². The van der Waals surface area contributed by atoms with Crippen molar-refractivity contribution in [3.05, 3.63) is 45.0 Å². The van der Waals surface area contributed by atoms with Crippen LogP contribution < -0.4 is 15.4 Å². The molecular formula is C16H16ClIN2O4S. The summed E-state index contributed by atoms with van der Waals surface area (Å²) in [7, 11) is -2.18. The summed E-state index contributed by atoms with van der Waals surface area (Å²) in [6, 6.07) is 10.2. The van der Waals surface area contributed by atoms with E-state index < -0.39 is 9.84 Å². The van der Waals surface area contributed by atoms with Crippen LogP contribution in [0.2, 0.25) is 5.02 Å². The average Bonchev–Trinajstić information content (AvgIpc) is 2.53. The topological polar surface area (TPSA) is 84.5 Å². The fourth-order valence-corrected chi connectivity index (χ4v) is 3.61. The molecule has 0 unspecified atom stereocenters. The van der Waals surface area contributed by atoms with Gasteiger partial charge in [-0.15, -0.1) is 0 Å². The Hall–Kier alpha value is -1.52. The number of benzene rings is 2.